The fourth-order valence-electron chi connectivity index (χ4n) is 1.67. The number of nitrogens with one attached hydrogen (secondary N) is 1. The number of rotatable bonds is 6. The molecule has 2 aromatic rings. The summed E-state index contributed by atoms with van der Waals surface area (Å²) in [4.78, 5) is 10.2. The van der Waals surface area contributed by atoms with Gasteiger partial charge < -0.3 is 10.1 Å². The summed E-state index contributed by atoms with van der Waals surface area (Å²) in [5.41, 5.74) is 2.02. The van der Waals surface area contributed by atoms with Gasteiger partial charge in [0.2, 0.25) is 6.41 Å². The smallest absolute Gasteiger partial charge is 0.207 e. The van der Waals surface area contributed by atoms with E-state index in [1.807, 2.05) is 42.5 Å². The largest absolute Gasteiger partial charge is 0.487 e. The van der Waals surface area contributed by atoms with Crippen LogP contribution in [0.2, 0.25) is 5.02 Å². The summed E-state index contributed by atoms with van der Waals surface area (Å²) >= 11 is 6.13. The number of hydrogen-bond donors (Lipinski definition) is 1. The first-order valence-corrected chi connectivity index (χ1v) is 6.29. The van der Waals surface area contributed by atoms with Crippen molar-refractivity contribution in [3.05, 3.63) is 64.7 Å². The third-order valence-corrected chi connectivity index (χ3v) is 2.92. The number of halogens is 1. The highest BCUT2D eigenvalue weighted by Crippen LogP contribution is 2.26. The summed E-state index contributed by atoms with van der Waals surface area (Å²) in [6.45, 7) is 0.939. The Balaban J connectivity index is 1.99. The van der Waals surface area contributed by atoms with Crippen molar-refractivity contribution in [2.45, 2.75) is 13.2 Å². The van der Waals surface area contributed by atoms with E-state index >= 15 is 0 Å². The molecule has 0 saturated carbocycles. The first-order chi connectivity index (χ1) is 9.29. The van der Waals surface area contributed by atoms with E-state index < -0.39 is 0 Å². The molecule has 0 atom stereocenters. The van der Waals surface area contributed by atoms with Gasteiger partial charge in [0.15, 0.2) is 0 Å². The highest BCUT2D eigenvalue weighted by Gasteiger charge is 2.03. The molecule has 1 amide bonds. The Kier molecular flexibility index (Phi) is 4.81. The molecule has 0 aliphatic carbocycles. The van der Waals surface area contributed by atoms with Crippen LogP contribution in [0, 0.1) is 0 Å². The third-order valence-electron chi connectivity index (χ3n) is 2.62. The van der Waals surface area contributed by atoms with Gasteiger partial charge in [-0.3, -0.25) is 4.79 Å². The van der Waals surface area contributed by atoms with Crippen molar-refractivity contribution in [2.75, 3.05) is 0 Å². The molecule has 0 aromatic heterocycles. The van der Waals surface area contributed by atoms with E-state index in [1.54, 1.807) is 6.07 Å². The molecule has 19 heavy (non-hydrogen) atoms. The van der Waals surface area contributed by atoms with Gasteiger partial charge in [0.25, 0.3) is 0 Å². The summed E-state index contributed by atoms with van der Waals surface area (Å²) in [5, 5.41) is 3.13. The van der Waals surface area contributed by atoms with E-state index in [2.05, 4.69) is 5.32 Å². The van der Waals surface area contributed by atoms with Crippen LogP contribution >= 0.6 is 11.6 Å². The Morgan fingerprint density at radius 3 is 2.58 bits per heavy atom. The topological polar surface area (TPSA) is 38.3 Å². The number of carbonyl (C=O) groups excluding carboxylic acids is 1. The van der Waals surface area contributed by atoms with Crippen LogP contribution in [0.4, 0.5) is 0 Å². The summed E-state index contributed by atoms with van der Waals surface area (Å²) in [7, 11) is 0. The normalized spacial score (nSPS) is 9.95. The molecular formula is C15H14ClNO2. The van der Waals surface area contributed by atoms with Crippen LogP contribution in [-0.4, -0.2) is 6.41 Å². The maximum absolute atomic E-state index is 10.2. The van der Waals surface area contributed by atoms with E-state index in [4.69, 9.17) is 16.3 Å². The van der Waals surface area contributed by atoms with E-state index in [0.717, 1.165) is 11.1 Å². The highest BCUT2D eigenvalue weighted by molar-refractivity contribution is 6.32. The van der Waals surface area contributed by atoms with Crippen LogP contribution in [0.25, 0.3) is 0 Å². The molecular weight excluding hydrogens is 262 g/mol. The molecule has 98 valence electrons. The van der Waals surface area contributed by atoms with Crippen LogP contribution in [0.3, 0.4) is 0 Å². The van der Waals surface area contributed by atoms with Gasteiger partial charge in [-0.1, -0.05) is 48.0 Å². The number of amides is 1. The fraction of sp³-hybridized carbons (Fsp3) is 0.133. The lowest BCUT2D eigenvalue weighted by Gasteiger charge is -2.09. The van der Waals surface area contributed by atoms with Crippen LogP contribution in [0.5, 0.6) is 5.75 Å². The van der Waals surface area contributed by atoms with Gasteiger partial charge in [0.1, 0.15) is 12.4 Å². The molecule has 2 rings (SSSR count). The minimum atomic E-state index is 0.461. The first kappa shape index (κ1) is 13.4. The summed E-state index contributed by atoms with van der Waals surface area (Å²) in [6.07, 6.45) is 0.660. The second-order valence-electron chi connectivity index (χ2n) is 4.04. The molecule has 0 spiro atoms. The van der Waals surface area contributed by atoms with Gasteiger partial charge in [0, 0.05) is 6.54 Å². The Hall–Kier alpha value is -2.00. The molecule has 2 aromatic carbocycles. The van der Waals surface area contributed by atoms with Gasteiger partial charge in [0.05, 0.1) is 5.02 Å². The highest BCUT2D eigenvalue weighted by atomic mass is 35.5. The third kappa shape index (κ3) is 4.00. The molecule has 0 unspecified atom stereocenters. The Morgan fingerprint density at radius 2 is 1.89 bits per heavy atom. The maximum atomic E-state index is 10.2. The van der Waals surface area contributed by atoms with E-state index in [-0.39, 0.29) is 0 Å². The fourth-order valence-corrected chi connectivity index (χ4v) is 1.92. The summed E-state index contributed by atoms with van der Waals surface area (Å²) in [6, 6.07) is 15.4. The van der Waals surface area contributed by atoms with Crippen molar-refractivity contribution in [3.63, 3.8) is 0 Å². The molecule has 0 fully saturated rings. The first-order valence-electron chi connectivity index (χ1n) is 5.92. The molecule has 0 radical (unpaired) electrons. The zero-order chi connectivity index (χ0) is 13.5. The minimum Gasteiger partial charge on any atom is -0.487 e. The molecule has 4 heteroatoms. The predicted octanol–water partition coefficient (Wildman–Crippen LogP) is 3.17. The second-order valence-corrected chi connectivity index (χ2v) is 4.45. The van der Waals surface area contributed by atoms with Crippen molar-refractivity contribution in [1.29, 1.82) is 0 Å². The minimum absolute atomic E-state index is 0.461. The zero-order valence-electron chi connectivity index (χ0n) is 10.3. The second kappa shape index (κ2) is 6.81. The lowest BCUT2D eigenvalue weighted by Crippen LogP contribution is -2.09. The lowest BCUT2D eigenvalue weighted by atomic mass is 10.2. The van der Waals surface area contributed by atoms with Gasteiger partial charge in [-0.25, -0.2) is 0 Å². The zero-order valence-corrected chi connectivity index (χ0v) is 11.1. The average molecular weight is 276 g/mol. The van der Waals surface area contributed by atoms with Crippen molar-refractivity contribution in [1.82, 2.24) is 5.32 Å². The van der Waals surface area contributed by atoms with Crippen molar-refractivity contribution in [3.8, 4) is 5.75 Å². The van der Waals surface area contributed by atoms with Crippen molar-refractivity contribution < 1.29 is 9.53 Å². The van der Waals surface area contributed by atoms with Gasteiger partial charge in [-0.2, -0.15) is 0 Å². The monoisotopic (exact) mass is 275 g/mol. The Morgan fingerprint density at radius 1 is 1.11 bits per heavy atom. The molecule has 0 saturated heterocycles. The molecule has 0 heterocycles. The summed E-state index contributed by atoms with van der Waals surface area (Å²) in [5.74, 6) is 0.639. The predicted molar refractivity (Wildman–Crippen MR) is 75.1 cm³/mol. The van der Waals surface area contributed by atoms with Gasteiger partial charge >= 0.3 is 0 Å². The molecule has 1 N–H and O–H groups in total. The SMILES string of the molecule is O=CNCc1ccc(OCc2ccccc2)c(Cl)c1. The van der Waals surface area contributed by atoms with Crippen LogP contribution < -0.4 is 10.1 Å². The van der Waals surface area contributed by atoms with Gasteiger partial charge in [-0.15, -0.1) is 0 Å². The molecule has 0 aliphatic rings. The van der Waals surface area contributed by atoms with Gasteiger partial charge in [-0.05, 0) is 23.3 Å². The van der Waals surface area contributed by atoms with Crippen LogP contribution in [0.15, 0.2) is 48.5 Å². The van der Waals surface area contributed by atoms with Crippen LogP contribution in [0.1, 0.15) is 11.1 Å². The number of carbonyl (C=O) groups is 1. The summed E-state index contributed by atoms with van der Waals surface area (Å²) < 4.78 is 5.66. The Bertz CT molecular complexity index is 543. The lowest BCUT2D eigenvalue weighted by molar-refractivity contribution is -0.109. The van der Waals surface area contributed by atoms with E-state index in [9.17, 15) is 4.79 Å². The standard InChI is InChI=1S/C15H14ClNO2/c16-14-8-13(9-17-11-18)6-7-15(14)19-10-12-4-2-1-3-5-12/h1-8,11H,9-10H2,(H,17,18). The quantitative estimate of drug-likeness (QED) is 0.823. The van der Waals surface area contributed by atoms with Crippen molar-refractivity contribution in [2.24, 2.45) is 0 Å². The average Bonchev–Trinajstić information content (AvgIpc) is 2.45. The van der Waals surface area contributed by atoms with E-state index in [1.165, 1.54) is 0 Å². The number of hydrogen-bond acceptors (Lipinski definition) is 2. The number of benzene rings is 2. The van der Waals surface area contributed by atoms with Crippen molar-refractivity contribution >= 4 is 18.0 Å². The maximum Gasteiger partial charge on any atom is 0.207 e. The molecule has 3 nitrogen and oxygen atoms in total. The van der Waals surface area contributed by atoms with Crippen LogP contribution in [-0.2, 0) is 17.9 Å². The Labute approximate surface area is 117 Å². The number of ether oxygens (including phenoxy) is 1. The van der Waals surface area contributed by atoms with E-state index in [0.29, 0.717) is 30.3 Å². The molecule has 0 bridgehead atoms. The molecule has 0 aliphatic heterocycles.